The topological polar surface area (TPSA) is 61.8 Å². The summed E-state index contributed by atoms with van der Waals surface area (Å²) >= 11 is 0. The Bertz CT molecular complexity index is 846. The summed E-state index contributed by atoms with van der Waals surface area (Å²) in [5.41, 5.74) is 2.07. The molecule has 0 bridgehead atoms. The number of aryl methyl sites for hydroxylation is 1. The summed E-state index contributed by atoms with van der Waals surface area (Å²) in [6.45, 7) is 6.36. The maximum absolute atomic E-state index is 12.0. The number of benzene rings is 2. The normalized spacial score (nSPS) is 11.7. The standard InChI is InChI=1S/C23H24O5/c1-17-4-12-22(13-5-17)27-15-14-26-18(2)6-7-19(3)28-23(25)21-10-8-20(16-24)9-11-21/h4-13,16H,14-15H2,1-3H3/b18-6+,19-7+. The van der Waals surface area contributed by atoms with Gasteiger partial charge in [-0.3, -0.25) is 4.79 Å². The van der Waals surface area contributed by atoms with Gasteiger partial charge in [0.15, 0.2) is 0 Å². The molecule has 5 heteroatoms. The molecule has 0 aliphatic rings. The summed E-state index contributed by atoms with van der Waals surface area (Å²) in [6, 6.07) is 14.1. The Morgan fingerprint density at radius 1 is 0.893 bits per heavy atom. The molecule has 2 aromatic carbocycles. The highest BCUT2D eigenvalue weighted by Crippen LogP contribution is 2.11. The number of allylic oxidation sites excluding steroid dienone is 4. The van der Waals surface area contributed by atoms with E-state index in [1.165, 1.54) is 5.56 Å². The molecule has 0 heterocycles. The van der Waals surface area contributed by atoms with Gasteiger partial charge in [-0.15, -0.1) is 0 Å². The molecule has 0 radical (unpaired) electrons. The highest BCUT2D eigenvalue weighted by molar-refractivity contribution is 5.91. The second kappa shape index (κ2) is 10.7. The monoisotopic (exact) mass is 380 g/mol. The quantitative estimate of drug-likeness (QED) is 0.204. The molecule has 0 saturated carbocycles. The number of hydrogen-bond acceptors (Lipinski definition) is 5. The number of aldehydes is 1. The van der Waals surface area contributed by atoms with Gasteiger partial charge in [0.25, 0.3) is 0 Å². The first kappa shape index (κ1) is 21.0. The molecule has 0 amide bonds. The Morgan fingerprint density at radius 3 is 2.18 bits per heavy atom. The maximum Gasteiger partial charge on any atom is 0.343 e. The fraction of sp³-hybridized carbons (Fsp3) is 0.217. The number of carbonyl (C=O) groups is 2. The molecule has 0 unspecified atom stereocenters. The van der Waals surface area contributed by atoms with Crippen LogP contribution < -0.4 is 4.74 Å². The molecule has 0 fully saturated rings. The first-order valence-electron chi connectivity index (χ1n) is 8.93. The van der Waals surface area contributed by atoms with E-state index in [1.807, 2.05) is 38.1 Å². The van der Waals surface area contributed by atoms with Gasteiger partial charge in [-0.1, -0.05) is 29.8 Å². The maximum atomic E-state index is 12.0. The van der Waals surface area contributed by atoms with Gasteiger partial charge >= 0.3 is 5.97 Å². The molecule has 0 atom stereocenters. The van der Waals surface area contributed by atoms with E-state index in [0.29, 0.717) is 35.9 Å². The number of ether oxygens (including phenoxy) is 3. The number of carbonyl (C=O) groups excluding carboxylic acids is 2. The van der Waals surface area contributed by atoms with Crippen molar-refractivity contribution in [3.8, 4) is 5.75 Å². The lowest BCUT2D eigenvalue weighted by atomic mass is 10.1. The molecule has 0 saturated heterocycles. The molecular weight excluding hydrogens is 356 g/mol. The van der Waals surface area contributed by atoms with Crippen molar-refractivity contribution in [3.05, 3.63) is 88.9 Å². The van der Waals surface area contributed by atoms with E-state index in [4.69, 9.17) is 14.2 Å². The van der Waals surface area contributed by atoms with Crippen molar-refractivity contribution in [3.63, 3.8) is 0 Å². The van der Waals surface area contributed by atoms with Gasteiger partial charge in [-0.2, -0.15) is 0 Å². The number of rotatable bonds is 9. The highest BCUT2D eigenvalue weighted by Gasteiger charge is 2.07. The summed E-state index contributed by atoms with van der Waals surface area (Å²) in [5, 5.41) is 0. The molecule has 5 nitrogen and oxygen atoms in total. The fourth-order valence-electron chi connectivity index (χ4n) is 2.22. The molecule has 0 aliphatic carbocycles. The van der Waals surface area contributed by atoms with Crippen LogP contribution in [-0.4, -0.2) is 25.5 Å². The first-order valence-corrected chi connectivity index (χ1v) is 8.93. The zero-order valence-electron chi connectivity index (χ0n) is 16.3. The molecule has 2 aromatic rings. The molecule has 0 aromatic heterocycles. The Hall–Kier alpha value is -3.34. The van der Waals surface area contributed by atoms with E-state index in [1.54, 1.807) is 43.3 Å². The van der Waals surface area contributed by atoms with Gasteiger partial charge in [0.1, 0.15) is 31.0 Å². The molecule has 146 valence electrons. The molecule has 0 aliphatic heterocycles. The van der Waals surface area contributed by atoms with Gasteiger partial charge in [0, 0.05) is 5.56 Å². The van der Waals surface area contributed by atoms with Gasteiger partial charge in [-0.05, 0) is 57.2 Å². The smallest absolute Gasteiger partial charge is 0.343 e. The predicted octanol–water partition coefficient (Wildman–Crippen LogP) is 4.87. The van der Waals surface area contributed by atoms with Crippen LogP contribution in [0.2, 0.25) is 0 Å². The van der Waals surface area contributed by atoms with E-state index < -0.39 is 5.97 Å². The van der Waals surface area contributed by atoms with Crippen LogP contribution in [0.5, 0.6) is 5.75 Å². The molecule has 2 rings (SSSR count). The minimum Gasteiger partial charge on any atom is -0.495 e. The third-order valence-corrected chi connectivity index (χ3v) is 3.79. The lowest BCUT2D eigenvalue weighted by Crippen LogP contribution is -2.06. The Morgan fingerprint density at radius 2 is 1.54 bits per heavy atom. The van der Waals surface area contributed by atoms with Crippen LogP contribution in [0, 0.1) is 6.92 Å². The second-order valence-electron chi connectivity index (χ2n) is 6.19. The summed E-state index contributed by atoms with van der Waals surface area (Å²) in [6.07, 6.45) is 4.11. The van der Waals surface area contributed by atoms with Gasteiger partial charge < -0.3 is 14.2 Å². The molecular formula is C23H24O5. The summed E-state index contributed by atoms with van der Waals surface area (Å²) in [5.74, 6) is 1.44. The van der Waals surface area contributed by atoms with Crippen molar-refractivity contribution in [1.82, 2.24) is 0 Å². The Kier molecular flexibility index (Phi) is 8.03. The summed E-state index contributed by atoms with van der Waals surface area (Å²) < 4.78 is 16.4. The van der Waals surface area contributed by atoms with Crippen molar-refractivity contribution >= 4 is 12.3 Å². The second-order valence-corrected chi connectivity index (χ2v) is 6.19. The molecule has 0 N–H and O–H groups in total. The lowest BCUT2D eigenvalue weighted by Gasteiger charge is -2.08. The van der Waals surface area contributed by atoms with Crippen LogP contribution in [0.3, 0.4) is 0 Å². The average Bonchev–Trinajstić information content (AvgIpc) is 2.71. The van der Waals surface area contributed by atoms with E-state index in [-0.39, 0.29) is 0 Å². The largest absolute Gasteiger partial charge is 0.495 e. The number of hydrogen-bond donors (Lipinski definition) is 0. The first-order chi connectivity index (χ1) is 13.5. The van der Waals surface area contributed by atoms with Crippen molar-refractivity contribution in [2.75, 3.05) is 13.2 Å². The van der Waals surface area contributed by atoms with Crippen LogP contribution in [-0.2, 0) is 9.47 Å². The highest BCUT2D eigenvalue weighted by atomic mass is 16.5. The van der Waals surface area contributed by atoms with E-state index >= 15 is 0 Å². The van der Waals surface area contributed by atoms with Crippen LogP contribution in [0.15, 0.2) is 72.2 Å². The van der Waals surface area contributed by atoms with E-state index in [9.17, 15) is 9.59 Å². The van der Waals surface area contributed by atoms with Gasteiger partial charge in [0.05, 0.1) is 11.3 Å². The minimum absolute atomic E-state index is 0.378. The Labute approximate surface area is 165 Å². The van der Waals surface area contributed by atoms with Crippen LogP contribution in [0.1, 0.15) is 40.1 Å². The predicted molar refractivity (Wildman–Crippen MR) is 107 cm³/mol. The number of esters is 1. The average molecular weight is 380 g/mol. The third-order valence-electron chi connectivity index (χ3n) is 3.79. The van der Waals surface area contributed by atoms with Crippen molar-refractivity contribution in [2.24, 2.45) is 0 Å². The fourth-order valence-corrected chi connectivity index (χ4v) is 2.22. The van der Waals surface area contributed by atoms with Gasteiger partial charge in [-0.25, -0.2) is 4.79 Å². The van der Waals surface area contributed by atoms with Crippen molar-refractivity contribution in [1.29, 1.82) is 0 Å². The Balaban J connectivity index is 1.76. The molecule has 28 heavy (non-hydrogen) atoms. The van der Waals surface area contributed by atoms with E-state index in [0.717, 1.165) is 12.0 Å². The van der Waals surface area contributed by atoms with Crippen molar-refractivity contribution < 1.29 is 23.8 Å². The van der Waals surface area contributed by atoms with Crippen LogP contribution in [0.4, 0.5) is 0 Å². The van der Waals surface area contributed by atoms with Crippen LogP contribution in [0.25, 0.3) is 0 Å². The zero-order valence-corrected chi connectivity index (χ0v) is 16.3. The SMILES string of the molecule is C/C(=C\C=C(/C)OC(=O)c1ccc(C=O)cc1)OCCOc1ccc(C)cc1. The molecule has 0 spiro atoms. The minimum atomic E-state index is -0.482. The third kappa shape index (κ3) is 7.11. The van der Waals surface area contributed by atoms with Crippen molar-refractivity contribution in [2.45, 2.75) is 20.8 Å². The summed E-state index contributed by atoms with van der Waals surface area (Å²) in [7, 11) is 0. The lowest BCUT2D eigenvalue weighted by molar-refractivity contribution is 0.0625. The zero-order chi connectivity index (χ0) is 20.4. The van der Waals surface area contributed by atoms with Crippen LogP contribution >= 0.6 is 0 Å². The van der Waals surface area contributed by atoms with Gasteiger partial charge in [0.2, 0.25) is 0 Å². The van der Waals surface area contributed by atoms with E-state index in [2.05, 4.69) is 0 Å². The summed E-state index contributed by atoms with van der Waals surface area (Å²) in [4.78, 5) is 22.7.